The molecule has 0 atom stereocenters. The van der Waals surface area contributed by atoms with Gasteiger partial charge < -0.3 is 14.8 Å². The van der Waals surface area contributed by atoms with Crippen LogP contribution in [0.3, 0.4) is 0 Å². The first-order chi connectivity index (χ1) is 12.5. The van der Waals surface area contributed by atoms with Crippen LogP contribution in [0.4, 0.5) is 0 Å². The Hall–Kier alpha value is -2.93. The predicted octanol–water partition coefficient (Wildman–Crippen LogP) is 2.39. The number of aromatic nitrogens is 2. The van der Waals surface area contributed by atoms with Gasteiger partial charge in [0.2, 0.25) is 0 Å². The molecule has 1 aliphatic heterocycles. The molecule has 7 nitrogen and oxygen atoms in total. The summed E-state index contributed by atoms with van der Waals surface area (Å²) in [5, 5.41) is 15.6. The SMILES string of the molecule is Cn1c(CN2CCCC2)cnc1-c1ccccc1.O=C(O)C=CC(=O)O. The van der Waals surface area contributed by atoms with E-state index in [0.29, 0.717) is 12.2 Å². The molecule has 138 valence electrons. The summed E-state index contributed by atoms with van der Waals surface area (Å²) in [6.45, 7) is 3.48. The molecule has 7 heteroatoms. The quantitative estimate of drug-likeness (QED) is 0.798. The van der Waals surface area contributed by atoms with Gasteiger partial charge in [-0.05, 0) is 25.9 Å². The maximum Gasteiger partial charge on any atom is 0.328 e. The highest BCUT2D eigenvalue weighted by atomic mass is 16.4. The van der Waals surface area contributed by atoms with Gasteiger partial charge in [-0.2, -0.15) is 0 Å². The first kappa shape index (κ1) is 19.4. The van der Waals surface area contributed by atoms with Crippen LogP contribution in [0.2, 0.25) is 0 Å². The van der Waals surface area contributed by atoms with Crippen LogP contribution in [0.15, 0.2) is 48.7 Å². The zero-order valence-electron chi connectivity index (χ0n) is 14.7. The smallest absolute Gasteiger partial charge is 0.328 e. The van der Waals surface area contributed by atoms with Crippen molar-refractivity contribution in [3.05, 3.63) is 54.4 Å². The maximum absolute atomic E-state index is 9.55. The summed E-state index contributed by atoms with van der Waals surface area (Å²) in [5.74, 6) is -1.45. The zero-order chi connectivity index (χ0) is 18.9. The Labute approximate surface area is 152 Å². The van der Waals surface area contributed by atoms with Crippen molar-refractivity contribution in [2.45, 2.75) is 19.4 Å². The monoisotopic (exact) mass is 357 g/mol. The molecule has 0 bridgehead atoms. The number of rotatable bonds is 5. The Kier molecular flexibility index (Phi) is 7.11. The molecule has 0 amide bonds. The first-order valence-electron chi connectivity index (χ1n) is 8.39. The van der Waals surface area contributed by atoms with E-state index in [1.54, 1.807) is 0 Å². The molecule has 0 unspecified atom stereocenters. The van der Waals surface area contributed by atoms with Gasteiger partial charge in [-0.25, -0.2) is 14.6 Å². The highest BCUT2D eigenvalue weighted by Crippen LogP contribution is 2.20. The summed E-state index contributed by atoms with van der Waals surface area (Å²) in [6.07, 6.45) is 5.80. The predicted molar refractivity (Wildman–Crippen MR) is 97.6 cm³/mol. The summed E-state index contributed by atoms with van der Waals surface area (Å²) < 4.78 is 2.22. The molecule has 0 radical (unpaired) electrons. The number of imidazole rings is 1. The maximum atomic E-state index is 9.55. The van der Waals surface area contributed by atoms with Crippen LogP contribution in [0.25, 0.3) is 11.4 Å². The van der Waals surface area contributed by atoms with Crippen LogP contribution in [-0.4, -0.2) is 49.7 Å². The molecule has 1 aromatic carbocycles. The van der Waals surface area contributed by atoms with Crippen molar-refractivity contribution in [3.8, 4) is 11.4 Å². The number of nitrogens with zero attached hydrogens (tertiary/aromatic N) is 3. The normalized spacial score (nSPS) is 14.2. The molecule has 3 rings (SSSR count). The van der Waals surface area contributed by atoms with Crippen LogP contribution < -0.4 is 0 Å². The molecule has 0 aliphatic carbocycles. The third-order valence-electron chi connectivity index (χ3n) is 4.07. The van der Waals surface area contributed by atoms with E-state index < -0.39 is 11.9 Å². The van der Waals surface area contributed by atoms with Crippen LogP contribution in [0.1, 0.15) is 18.5 Å². The number of hydrogen-bond donors (Lipinski definition) is 2. The van der Waals surface area contributed by atoms with Gasteiger partial charge in [-0.1, -0.05) is 30.3 Å². The molecular weight excluding hydrogens is 334 g/mol. The molecular formula is C19H23N3O4. The standard InChI is InChI=1S/C15H19N3.C4H4O4/c1-17-14(12-18-9-5-6-10-18)11-16-15(17)13-7-3-2-4-8-13;5-3(6)1-2-4(7)8/h2-4,7-8,11H,5-6,9-10,12H2,1H3;1-2H,(H,5,6)(H,7,8). The van der Waals surface area contributed by atoms with Gasteiger partial charge in [0, 0.05) is 31.3 Å². The number of carbonyl (C=O) groups is 2. The summed E-state index contributed by atoms with van der Waals surface area (Å²) in [7, 11) is 2.11. The third kappa shape index (κ3) is 5.86. The average Bonchev–Trinajstić information content (AvgIpc) is 3.25. The highest BCUT2D eigenvalue weighted by molar-refractivity contribution is 5.89. The second-order valence-corrected chi connectivity index (χ2v) is 5.99. The summed E-state index contributed by atoms with van der Waals surface area (Å²) in [6, 6.07) is 10.4. The molecule has 2 aromatic rings. The van der Waals surface area contributed by atoms with Crippen molar-refractivity contribution in [2.24, 2.45) is 7.05 Å². The van der Waals surface area contributed by atoms with Crippen LogP contribution in [0.5, 0.6) is 0 Å². The number of carboxylic acids is 2. The van der Waals surface area contributed by atoms with Gasteiger partial charge in [0.25, 0.3) is 0 Å². The Balaban J connectivity index is 0.000000260. The van der Waals surface area contributed by atoms with E-state index in [1.165, 1.54) is 37.2 Å². The molecule has 2 heterocycles. The second kappa shape index (κ2) is 9.53. The second-order valence-electron chi connectivity index (χ2n) is 5.99. The Morgan fingerprint density at radius 1 is 1.08 bits per heavy atom. The number of carboxylic acid groups (broad SMARTS) is 2. The molecule has 2 N–H and O–H groups in total. The molecule has 1 fully saturated rings. The van der Waals surface area contributed by atoms with Crippen molar-refractivity contribution < 1.29 is 19.8 Å². The molecule has 0 spiro atoms. The minimum Gasteiger partial charge on any atom is -0.478 e. The number of benzene rings is 1. The van der Waals surface area contributed by atoms with Gasteiger partial charge in [-0.15, -0.1) is 0 Å². The number of hydrogen-bond acceptors (Lipinski definition) is 4. The third-order valence-corrected chi connectivity index (χ3v) is 4.07. The van der Waals surface area contributed by atoms with Gasteiger partial charge in [0.1, 0.15) is 5.82 Å². The lowest BCUT2D eigenvalue weighted by Crippen LogP contribution is -2.20. The van der Waals surface area contributed by atoms with Gasteiger partial charge in [-0.3, -0.25) is 4.90 Å². The van der Waals surface area contributed by atoms with E-state index in [-0.39, 0.29) is 0 Å². The average molecular weight is 357 g/mol. The van der Waals surface area contributed by atoms with Crippen molar-refractivity contribution in [1.29, 1.82) is 0 Å². The fourth-order valence-electron chi connectivity index (χ4n) is 2.76. The highest BCUT2D eigenvalue weighted by Gasteiger charge is 2.15. The van der Waals surface area contributed by atoms with E-state index in [2.05, 4.69) is 45.8 Å². The molecule has 26 heavy (non-hydrogen) atoms. The fourth-order valence-corrected chi connectivity index (χ4v) is 2.76. The van der Waals surface area contributed by atoms with Crippen molar-refractivity contribution in [2.75, 3.05) is 13.1 Å². The van der Waals surface area contributed by atoms with E-state index in [9.17, 15) is 9.59 Å². The van der Waals surface area contributed by atoms with Gasteiger partial charge in [0.15, 0.2) is 0 Å². The minimum atomic E-state index is -1.26. The Bertz CT molecular complexity index is 746. The van der Waals surface area contributed by atoms with Crippen LogP contribution in [-0.2, 0) is 23.2 Å². The van der Waals surface area contributed by atoms with E-state index >= 15 is 0 Å². The van der Waals surface area contributed by atoms with Crippen molar-refractivity contribution in [3.63, 3.8) is 0 Å². The van der Waals surface area contributed by atoms with Gasteiger partial charge in [0.05, 0.1) is 11.9 Å². The molecule has 1 aromatic heterocycles. The van der Waals surface area contributed by atoms with Crippen LogP contribution >= 0.6 is 0 Å². The topological polar surface area (TPSA) is 95.7 Å². The molecule has 1 aliphatic rings. The van der Waals surface area contributed by atoms with E-state index in [4.69, 9.17) is 10.2 Å². The summed E-state index contributed by atoms with van der Waals surface area (Å²) in [5.41, 5.74) is 2.49. The number of likely N-dealkylation sites (tertiary alicyclic amines) is 1. The lowest BCUT2D eigenvalue weighted by Gasteiger charge is -2.15. The molecule has 1 saturated heterocycles. The number of aliphatic carboxylic acids is 2. The van der Waals surface area contributed by atoms with Crippen LogP contribution in [0, 0.1) is 0 Å². The molecule has 0 saturated carbocycles. The largest absolute Gasteiger partial charge is 0.478 e. The van der Waals surface area contributed by atoms with E-state index in [0.717, 1.165) is 12.4 Å². The lowest BCUT2D eigenvalue weighted by atomic mass is 10.2. The minimum absolute atomic E-state index is 0.558. The fraction of sp³-hybridized carbons (Fsp3) is 0.316. The van der Waals surface area contributed by atoms with Crippen molar-refractivity contribution >= 4 is 11.9 Å². The summed E-state index contributed by atoms with van der Waals surface area (Å²) in [4.78, 5) is 26.2. The first-order valence-corrected chi connectivity index (χ1v) is 8.39. The lowest BCUT2D eigenvalue weighted by molar-refractivity contribution is -0.134. The Morgan fingerprint density at radius 3 is 2.19 bits per heavy atom. The summed E-state index contributed by atoms with van der Waals surface area (Å²) >= 11 is 0. The van der Waals surface area contributed by atoms with Crippen molar-refractivity contribution in [1.82, 2.24) is 14.5 Å². The zero-order valence-corrected chi connectivity index (χ0v) is 14.7. The van der Waals surface area contributed by atoms with E-state index in [1.807, 2.05) is 12.3 Å². The van der Waals surface area contributed by atoms with Gasteiger partial charge >= 0.3 is 11.9 Å². The Morgan fingerprint density at radius 2 is 1.65 bits per heavy atom.